The smallest absolute Gasteiger partial charge is 0.0926 e. The van der Waals surface area contributed by atoms with Gasteiger partial charge in [0, 0.05) is 23.0 Å². The normalized spacial score (nSPS) is 11.0. The monoisotopic (exact) mass is 436 g/mol. The van der Waals surface area contributed by atoms with Gasteiger partial charge in [0.1, 0.15) is 0 Å². The standard InChI is InChI=1S/C29H32N4/c1-4-8-21(2)25-12-13-27(28-14-11-23(15-16-30)19-31-28)26(18-25)20-33-22(3)17-29(32-33)24-9-6-5-7-10-24/h5-7,9-14,17-19H,2,4,8,15-16,20,30H2,1,3H3. The summed E-state index contributed by atoms with van der Waals surface area (Å²) in [6, 6.07) is 23.3. The molecule has 0 fully saturated rings. The van der Waals surface area contributed by atoms with Crippen molar-refractivity contribution < 1.29 is 0 Å². The lowest BCUT2D eigenvalue weighted by Gasteiger charge is -2.14. The lowest BCUT2D eigenvalue weighted by molar-refractivity contribution is 0.668. The molecule has 0 aliphatic carbocycles. The summed E-state index contributed by atoms with van der Waals surface area (Å²) in [7, 11) is 0. The van der Waals surface area contributed by atoms with E-state index in [9.17, 15) is 0 Å². The lowest BCUT2D eigenvalue weighted by atomic mass is 9.95. The fourth-order valence-corrected chi connectivity index (χ4v) is 4.12. The first-order chi connectivity index (χ1) is 16.1. The van der Waals surface area contributed by atoms with E-state index in [1.807, 2.05) is 24.4 Å². The zero-order valence-corrected chi connectivity index (χ0v) is 19.6. The maximum atomic E-state index is 5.70. The minimum atomic E-state index is 0.628. The van der Waals surface area contributed by atoms with Gasteiger partial charge in [-0.2, -0.15) is 5.10 Å². The Kier molecular flexibility index (Phi) is 7.16. The average molecular weight is 437 g/mol. The molecule has 0 bridgehead atoms. The van der Waals surface area contributed by atoms with Crippen molar-refractivity contribution in [3.05, 3.63) is 102 Å². The number of aryl methyl sites for hydroxylation is 1. The van der Waals surface area contributed by atoms with E-state index in [1.54, 1.807) is 0 Å². The molecule has 0 unspecified atom stereocenters. The van der Waals surface area contributed by atoms with Crippen LogP contribution in [-0.2, 0) is 13.0 Å². The van der Waals surface area contributed by atoms with Crippen LogP contribution in [0, 0.1) is 6.92 Å². The number of benzene rings is 2. The molecule has 0 amide bonds. The zero-order chi connectivity index (χ0) is 23.2. The number of pyridine rings is 1. The number of allylic oxidation sites excluding steroid dienone is 1. The van der Waals surface area contributed by atoms with Gasteiger partial charge in [-0.05, 0) is 66.8 Å². The Morgan fingerprint density at radius 3 is 2.52 bits per heavy atom. The SMILES string of the molecule is C=C(CCC)c1ccc(-c2ccc(CCN)cn2)c(Cn2nc(-c3ccccc3)cc2C)c1. The average Bonchev–Trinajstić information content (AvgIpc) is 3.21. The molecule has 4 aromatic rings. The van der Waals surface area contributed by atoms with Crippen LogP contribution in [0.5, 0.6) is 0 Å². The van der Waals surface area contributed by atoms with Crippen LogP contribution in [0.4, 0.5) is 0 Å². The van der Waals surface area contributed by atoms with Crippen molar-refractivity contribution in [2.24, 2.45) is 5.73 Å². The van der Waals surface area contributed by atoms with Gasteiger partial charge < -0.3 is 5.73 Å². The summed E-state index contributed by atoms with van der Waals surface area (Å²) < 4.78 is 2.08. The quantitative estimate of drug-likeness (QED) is 0.336. The summed E-state index contributed by atoms with van der Waals surface area (Å²) >= 11 is 0. The number of nitrogens with zero attached hydrogens (tertiary/aromatic N) is 3. The molecule has 4 nitrogen and oxygen atoms in total. The number of hydrogen-bond acceptors (Lipinski definition) is 3. The van der Waals surface area contributed by atoms with Crippen LogP contribution in [-0.4, -0.2) is 21.3 Å². The maximum absolute atomic E-state index is 5.70. The molecule has 2 aromatic heterocycles. The van der Waals surface area contributed by atoms with Crippen molar-refractivity contribution in [1.82, 2.24) is 14.8 Å². The van der Waals surface area contributed by atoms with Gasteiger partial charge in [-0.25, -0.2) is 0 Å². The fraction of sp³-hybridized carbons (Fsp3) is 0.241. The van der Waals surface area contributed by atoms with Gasteiger partial charge in [0.05, 0.1) is 17.9 Å². The largest absolute Gasteiger partial charge is 0.330 e. The Labute approximate surface area is 196 Å². The van der Waals surface area contributed by atoms with E-state index < -0.39 is 0 Å². The molecule has 0 saturated carbocycles. The van der Waals surface area contributed by atoms with Gasteiger partial charge in [0.15, 0.2) is 0 Å². The number of aromatic nitrogens is 3. The Balaban J connectivity index is 1.72. The van der Waals surface area contributed by atoms with Crippen LogP contribution in [0.2, 0.25) is 0 Å². The summed E-state index contributed by atoms with van der Waals surface area (Å²) in [5.41, 5.74) is 15.7. The molecular formula is C29H32N4. The summed E-state index contributed by atoms with van der Waals surface area (Å²) in [4.78, 5) is 4.75. The molecule has 0 spiro atoms. The minimum Gasteiger partial charge on any atom is -0.330 e. The Morgan fingerprint density at radius 2 is 1.82 bits per heavy atom. The highest BCUT2D eigenvalue weighted by Gasteiger charge is 2.13. The predicted octanol–water partition coefficient (Wildman–Crippen LogP) is 6.28. The second kappa shape index (κ2) is 10.4. The van der Waals surface area contributed by atoms with Crippen molar-refractivity contribution in [2.75, 3.05) is 6.54 Å². The van der Waals surface area contributed by atoms with E-state index in [0.29, 0.717) is 13.1 Å². The minimum absolute atomic E-state index is 0.628. The van der Waals surface area contributed by atoms with Gasteiger partial charge in [-0.3, -0.25) is 9.67 Å². The molecule has 2 aromatic carbocycles. The van der Waals surface area contributed by atoms with Crippen LogP contribution in [0.25, 0.3) is 28.1 Å². The molecular weight excluding hydrogens is 404 g/mol. The molecule has 4 rings (SSSR count). The van der Waals surface area contributed by atoms with E-state index in [4.69, 9.17) is 15.8 Å². The Morgan fingerprint density at radius 1 is 1.00 bits per heavy atom. The highest BCUT2D eigenvalue weighted by atomic mass is 15.3. The van der Waals surface area contributed by atoms with Gasteiger partial charge >= 0.3 is 0 Å². The van der Waals surface area contributed by atoms with Crippen LogP contribution in [0.1, 0.15) is 42.1 Å². The molecule has 4 heteroatoms. The second-order valence-corrected chi connectivity index (χ2v) is 8.51. The molecule has 168 valence electrons. The lowest BCUT2D eigenvalue weighted by Crippen LogP contribution is -2.07. The first kappa shape index (κ1) is 22.7. The van der Waals surface area contributed by atoms with Crippen molar-refractivity contribution in [2.45, 2.75) is 39.7 Å². The van der Waals surface area contributed by atoms with Gasteiger partial charge in [0.2, 0.25) is 0 Å². The van der Waals surface area contributed by atoms with E-state index in [0.717, 1.165) is 53.0 Å². The molecule has 0 saturated heterocycles. The van der Waals surface area contributed by atoms with Gasteiger partial charge in [-0.15, -0.1) is 0 Å². The summed E-state index contributed by atoms with van der Waals surface area (Å²) in [6.07, 6.45) is 4.84. The summed E-state index contributed by atoms with van der Waals surface area (Å²) in [5, 5.41) is 4.92. The topological polar surface area (TPSA) is 56.7 Å². The third-order valence-corrected chi connectivity index (χ3v) is 5.97. The fourth-order valence-electron chi connectivity index (χ4n) is 4.12. The van der Waals surface area contributed by atoms with Gasteiger partial charge in [0.25, 0.3) is 0 Å². The van der Waals surface area contributed by atoms with E-state index in [1.165, 1.54) is 16.7 Å². The maximum Gasteiger partial charge on any atom is 0.0926 e. The molecule has 0 aliphatic rings. The van der Waals surface area contributed by atoms with E-state index in [2.05, 4.69) is 73.6 Å². The molecule has 0 radical (unpaired) electrons. The molecule has 2 heterocycles. The van der Waals surface area contributed by atoms with Crippen molar-refractivity contribution in [1.29, 1.82) is 0 Å². The highest BCUT2D eigenvalue weighted by Crippen LogP contribution is 2.29. The number of rotatable bonds is 9. The highest BCUT2D eigenvalue weighted by molar-refractivity contribution is 5.71. The third-order valence-electron chi connectivity index (χ3n) is 5.97. The summed E-state index contributed by atoms with van der Waals surface area (Å²) in [6.45, 7) is 9.91. The van der Waals surface area contributed by atoms with Crippen molar-refractivity contribution in [3.63, 3.8) is 0 Å². The van der Waals surface area contributed by atoms with Crippen LogP contribution >= 0.6 is 0 Å². The molecule has 33 heavy (non-hydrogen) atoms. The van der Waals surface area contributed by atoms with Gasteiger partial charge in [-0.1, -0.05) is 68.5 Å². The molecule has 0 aliphatic heterocycles. The second-order valence-electron chi connectivity index (χ2n) is 8.51. The van der Waals surface area contributed by atoms with E-state index >= 15 is 0 Å². The van der Waals surface area contributed by atoms with E-state index in [-0.39, 0.29) is 0 Å². The Bertz CT molecular complexity index is 1220. The molecule has 0 atom stereocenters. The molecule has 2 N–H and O–H groups in total. The predicted molar refractivity (Wildman–Crippen MR) is 138 cm³/mol. The first-order valence-corrected chi connectivity index (χ1v) is 11.7. The van der Waals surface area contributed by atoms with Crippen LogP contribution < -0.4 is 5.73 Å². The first-order valence-electron chi connectivity index (χ1n) is 11.7. The van der Waals surface area contributed by atoms with Crippen LogP contribution in [0.3, 0.4) is 0 Å². The third kappa shape index (κ3) is 5.29. The Hall–Kier alpha value is -3.50. The van der Waals surface area contributed by atoms with Crippen molar-refractivity contribution in [3.8, 4) is 22.5 Å². The summed E-state index contributed by atoms with van der Waals surface area (Å²) in [5.74, 6) is 0. The number of nitrogens with two attached hydrogens (primary N) is 1. The number of hydrogen-bond donors (Lipinski definition) is 1. The zero-order valence-electron chi connectivity index (χ0n) is 19.6. The van der Waals surface area contributed by atoms with Crippen molar-refractivity contribution >= 4 is 5.57 Å². The van der Waals surface area contributed by atoms with Crippen LogP contribution in [0.15, 0.2) is 79.5 Å².